The molecule has 0 heterocycles. The largest absolute Gasteiger partial charge is 0.497 e. The van der Waals surface area contributed by atoms with Crippen LogP contribution in [0, 0.1) is 11.8 Å². The Morgan fingerprint density at radius 3 is 2.45 bits per heavy atom. The molecule has 184 valence electrons. The molecule has 33 heavy (non-hydrogen) atoms. The molecule has 1 aromatic rings. The van der Waals surface area contributed by atoms with E-state index in [-0.39, 0.29) is 23.2 Å². The Morgan fingerprint density at radius 2 is 1.88 bits per heavy atom. The van der Waals surface area contributed by atoms with Crippen LogP contribution in [-0.2, 0) is 18.7 Å². The standard InChI is InChI=1S/C27H42O5Si/c1-10-31-26(28)19-21(2)24(32-33(8,9)27(3,4)5)17-12-11-13-18-25(30-7)22-15-14-16-23(20-22)29-6/h14-16,19-20,24-25H,10,12,17-18H2,1-9H3/b21-19+. The van der Waals surface area contributed by atoms with Gasteiger partial charge in [-0.2, -0.15) is 0 Å². The van der Waals surface area contributed by atoms with E-state index in [0.717, 1.165) is 23.3 Å². The lowest BCUT2D eigenvalue weighted by molar-refractivity contribution is -0.137. The molecule has 1 aromatic carbocycles. The summed E-state index contributed by atoms with van der Waals surface area (Å²) in [6.07, 6.45) is 3.26. The van der Waals surface area contributed by atoms with Crippen molar-refractivity contribution < 1.29 is 23.4 Å². The van der Waals surface area contributed by atoms with Crippen LogP contribution in [0.3, 0.4) is 0 Å². The van der Waals surface area contributed by atoms with E-state index >= 15 is 0 Å². The minimum atomic E-state index is -2.02. The molecule has 0 saturated carbocycles. The molecule has 0 aliphatic heterocycles. The van der Waals surface area contributed by atoms with E-state index in [1.54, 1.807) is 27.2 Å². The Balaban J connectivity index is 2.88. The van der Waals surface area contributed by atoms with E-state index in [1.807, 2.05) is 31.2 Å². The first-order chi connectivity index (χ1) is 15.4. The SMILES string of the molecule is CCOC(=O)/C=C(\C)C(CCC#CCC(OC)c1cccc(OC)c1)O[Si](C)(C)C(C)(C)C. The monoisotopic (exact) mass is 474 g/mol. The van der Waals surface area contributed by atoms with Crippen molar-refractivity contribution in [3.05, 3.63) is 41.5 Å². The van der Waals surface area contributed by atoms with Crippen molar-refractivity contribution in [2.75, 3.05) is 20.8 Å². The van der Waals surface area contributed by atoms with E-state index in [0.29, 0.717) is 19.4 Å². The summed E-state index contributed by atoms with van der Waals surface area (Å²) >= 11 is 0. The highest BCUT2D eigenvalue weighted by molar-refractivity contribution is 6.74. The Labute approximate surface area is 202 Å². The van der Waals surface area contributed by atoms with Gasteiger partial charge in [0.15, 0.2) is 8.32 Å². The molecule has 0 aliphatic carbocycles. The van der Waals surface area contributed by atoms with Crippen LogP contribution < -0.4 is 4.74 Å². The molecule has 2 atom stereocenters. The van der Waals surface area contributed by atoms with Gasteiger partial charge in [-0.1, -0.05) is 32.9 Å². The summed E-state index contributed by atoms with van der Waals surface area (Å²) in [4.78, 5) is 12.0. The van der Waals surface area contributed by atoms with Crippen molar-refractivity contribution in [1.82, 2.24) is 0 Å². The average Bonchev–Trinajstić information content (AvgIpc) is 2.74. The first-order valence-electron chi connectivity index (χ1n) is 11.6. The van der Waals surface area contributed by atoms with E-state index in [2.05, 4.69) is 45.7 Å². The number of benzene rings is 1. The third-order valence-electron chi connectivity index (χ3n) is 6.08. The number of esters is 1. The van der Waals surface area contributed by atoms with Crippen molar-refractivity contribution in [2.45, 2.75) is 84.2 Å². The van der Waals surface area contributed by atoms with Gasteiger partial charge in [-0.15, -0.1) is 11.8 Å². The molecule has 0 N–H and O–H groups in total. The van der Waals surface area contributed by atoms with Gasteiger partial charge in [-0.25, -0.2) is 4.79 Å². The molecule has 1 rings (SSSR count). The molecular weight excluding hydrogens is 432 g/mol. The lowest BCUT2D eigenvalue weighted by Gasteiger charge is -2.39. The van der Waals surface area contributed by atoms with Crippen molar-refractivity contribution in [3.63, 3.8) is 0 Å². The number of hydrogen-bond donors (Lipinski definition) is 0. The highest BCUT2D eigenvalue weighted by Gasteiger charge is 2.39. The maximum Gasteiger partial charge on any atom is 0.330 e. The van der Waals surface area contributed by atoms with Gasteiger partial charge in [0, 0.05) is 26.0 Å². The fourth-order valence-corrected chi connectivity index (χ4v) is 4.38. The van der Waals surface area contributed by atoms with Crippen LogP contribution in [0.1, 0.15) is 65.5 Å². The number of methoxy groups -OCH3 is 2. The van der Waals surface area contributed by atoms with Crippen LogP contribution in [0.25, 0.3) is 0 Å². The van der Waals surface area contributed by atoms with E-state index < -0.39 is 8.32 Å². The van der Waals surface area contributed by atoms with Gasteiger partial charge >= 0.3 is 5.97 Å². The summed E-state index contributed by atoms with van der Waals surface area (Å²) in [5.41, 5.74) is 1.92. The van der Waals surface area contributed by atoms with Gasteiger partial charge in [0.1, 0.15) is 5.75 Å². The Kier molecular flexibility index (Phi) is 11.9. The van der Waals surface area contributed by atoms with Crippen LogP contribution in [-0.4, -0.2) is 41.2 Å². The Hall–Kier alpha value is -2.07. The predicted octanol–water partition coefficient (Wildman–Crippen LogP) is 6.46. The van der Waals surface area contributed by atoms with Crippen LogP contribution in [0.2, 0.25) is 18.1 Å². The normalized spacial score (nSPS) is 14.2. The summed E-state index contributed by atoms with van der Waals surface area (Å²) in [5, 5.41) is 0.0730. The fraction of sp³-hybridized carbons (Fsp3) is 0.593. The molecule has 0 aromatic heterocycles. The van der Waals surface area contributed by atoms with Gasteiger partial charge in [-0.05, 0) is 61.7 Å². The number of ether oxygens (including phenoxy) is 3. The first-order valence-corrected chi connectivity index (χ1v) is 14.5. The topological polar surface area (TPSA) is 54.0 Å². The minimum Gasteiger partial charge on any atom is -0.497 e. The van der Waals surface area contributed by atoms with Crippen molar-refractivity contribution in [3.8, 4) is 17.6 Å². The molecular formula is C27H42O5Si. The zero-order valence-corrected chi connectivity index (χ0v) is 22.9. The maximum atomic E-state index is 12.0. The summed E-state index contributed by atoms with van der Waals surface area (Å²) in [6.45, 7) is 15.2. The number of rotatable bonds is 11. The van der Waals surface area contributed by atoms with Gasteiger partial charge in [0.2, 0.25) is 0 Å². The predicted molar refractivity (Wildman–Crippen MR) is 137 cm³/mol. The third kappa shape index (κ3) is 9.75. The Morgan fingerprint density at radius 1 is 1.18 bits per heavy atom. The molecule has 6 heteroatoms. The second kappa shape index (κ2) is 13.6. The van der Waals surface area contributed by atoms with Gasteiger partial charge in [0.05, 0.1) is 25.9 Å². The van der Waals surface area contributed by atoms with Gasteiger partial charge in [-0.3, -0.25) is 0 Å². The van der Waals surface area contributed by atoms with Gasteiger partial charge in [0.25, 0.3) is 0 Å². The lowest BCUT2D eigenvalue weighted by Crippen LogP contribution is -2.44. The second-order valence-electron chi connectivity index (χ2n) is 9.60. The van der Waals surface area contributed by atoms with Crippen molar-refractivity contribution in [1.29, 1.82) is 0 Å². The number of carbonyl (C=O) groups is 1. The van der Waals surface area contributed by atoms with E-state index in [9.17, 15) is 4.79 Å². The van der Waals surface area contributed by atoms with Crippen molar-refractivity contribution in [2.24, 2.45) is 0 Å². The molecule has 0 fully saturated rings. The van der Waals surface area contributed by atoms with Crippen molar-refractivity contribution >= 4 is 14.3 Å². The zero-order chi connectivity index (χ0) is 25.1. The quantitative estimate of drug-likeness (QED) is 0.159. The summed E-state index contributed by atoms with van der Waals surface area (Å²) in [6, 6.07) is 7.86. The van der Waals surface area contributed by atoms with E-state index in [1.165, 1.54) is 0 Å². The highest BCUT2D eigenvalue weighted by Crippen LogP contribution is 2.38. The van der Waals surface area contributed by atoms with Crippen LogP contribution in [0.5, 0.6) is 5.75 Å². The maximum absolute atomic E-state index is 12.0. The molecule has 0 radical (unpaired) electrons. The molecule has 0 saturated heterocycles. The summed E-state index contributed by atoms with van der Waals surface area (Å²) < 4.78 is 22.7. The fourth-order valence-electron chi connectivity index (χ4n) is 3.01. The number of carbonyl (C=O) groups excluding carboxylic acids is 1. The smallest absolute Gasteiger partial charge is 0.330 e. The third-order valence-corrected chi connectivity index (χ3v) is 10.6. The molecule has 5 nitrogen and oxygen atoms in total. The number of hydrogen-bond acceptors (Lipinski definition) is 5. The minimum absolute atomic E-state index is 0.0730. The molecule has 0 aliphatic rings. The first kappa shape index (κ1) is 29.0. The average molecular weight is 475 g/mol. The van der Waals surface area contributed by atoms with Crippen LogP contribution >= 0.6 is 0 Å². The molecule has 2 unspecified atom stereocenters. The molecule has 0 bridgehead atoms. The summed E-state index contributed by atoms with van der Waals surface area (Å²) in [7, 11) is 1.33. The van der Waals surface area contributed by atoms with Gasteiger partial charge < -0.3 is 18.6 Å². The molecule has 0 amide bonds. The second-order valence-corrected chi connectivity index (χ2v) is 14.4. The van der Waals surface area contributed by atoms with Crippen LogP contribution in [0.15, 0.2) is 35.9 Å². The lowest BCUT2D eigenvalue weighted by atomic mass is 10.0. The van der Waals surface area contributed by atoms with E-state index in [4.69, 9.17) is 18.6 Å². The molecule has 0 spiro atoms. The summed E-state index contributed by atoms with van der Waals surface area (Å²) in [5.74, 6) is 6.99. The zero-order valence-electron chi connectivity index (χ0n) is 21.9. The highest BCUT2D eigenvalue weighted by atomic mass is 28.4. The Bertz CT molecular complexity index is 842. The van der Waals surface area contributed by atoms with Crippen LogP contribution in [0.4, 0.5) is 0 Å².